The smallest absolute Gasteiger partial charge is 0.255 e. The number of nitrogen functional groups attached to an aromatic ring is 1. The van der Waals surface area contributed by atoms with Gasteiger partial charge in [0.05, 0.1) is 11.2 Å². The minimum absolute atomic E-state index is 0.101. The Morgan fingerprint density at radius 3 is 2.95 bits per heavy atom. The number of hydrogen-bond donors (Lipinski definition) is 2. The van der Waals surface area contributed by atoms with Crippen molar-refractivity contribution in [3.05, 3.63) is 24.0 Å². The number of ether oxygens (including phenoxy) is 1. The zero-order chi connectivity index (χ0) is 14.6. The second kappa shape index (κ2) is 6.22. The van der Waals surface area contributed by atoms with Crippen LogP contribution in [0.2, 0.25) is 0 Å². The maximum absolute atomic E-state index is 12.2. The number of carbonyl (C=O) groups is 1. The Kier molecular flexibility index (Phi) is 4.60. The summed E-state index contributed by atoms with van der Waals surface area (Å²) in [6, 6.07) is 1.78. The number of carbonyl (C=O) groups excluding carboxylic acids is 1. The van der Waals surface area contributed by atoms with Crippen molar-refractivity contribution in [3.8, 4) is 0 Å². The first-order chi connectivity index (χ1) is 9.60. The lowest BCUT2D eigenvalue weighted by molar-refractivity contribution is -0.0917. The largest absolute Gasteiger partial charge is 0.398 e. The van der Waals surface area contributed by atoms with Crippen LogP contribution in [0.3, 0.4) is 0 Å². The molecule has 1 saturated heterocycles. The molecule has 0 saturated carbocycles. The summed E-state index contributed by atoms with van der Waals surface area (Å²) in [5.41, 5.74) is 6.61. The highest BCUT2D eigenvalue weighted by atomic mass is 16.5. The number of pyridine rings is 1. The van der Waals surface area contributed by atoms with Gasteiger partial charge in [-0.05, 0) is 31.7 Å². The van der Waals surface area contributed by atoms with Gasteiger partial charge >= 0.3 is 0 Å². The molecule has 5 nitrogen and oxygen atoms in total. The molecule has 1 unspecified atom stereocenters. The molecule has 5 heteroatoms. The Hall–Kier alpha value is -1.62. The topological polar surface area (TPSA) is 77.2 Å². The third kappa shape index (κ3) is 3.10. The minimum Gasteiger partial charge on any atom is -0.398 e. The van der Waals surface area contributed by atoms with E-state index >= 15 is 0 Å². The summed E-state index contributed by atoms with van der Waals surface area (Å²) in [6.45, 7) is 4.95. The molecule has 1 aromatic rings. The van der Waals surface area contributed by atoms with Crippen molar-refractivity contribution in [2.45, 2.75) is 51.2 Å². The number of rotatable bonds is 4. The van der Waals surface area contributed by atoms with Crippen LogP contribution in [0.15, 0.2) is 18.5 Å². The molecule has 1 aliphatic heterocycles. The molecule has 0 bridgehead atoms. The van der Waals surface area contributed by atoms with Gasteiger partial charge in [-0.15, -0.1) is 0 Å². The van der Waals surface area contributed by atoms with Gasteiger partial charge < -0.3 is 15.8 Å². The molecular weight excluding hydrogens is 254 g/mol. The monoisotopic (exact) mass is 277 g/mol. The summed E-state index contributed by atoms with van der Waals surface area (Å²) in [7, 11) is 0. The molecule has 2 rings (SSSR count). The van der Waals surface area contributed by atoms with Gasteiger partial charge in [-0.25, -0.2) is 0 Å². The van der Waals surface area contributed by atoms with Crippen molar-refractivity contribution < 1.29 is 9.53 Å². The van der Waals surface area contributed by atoms with Crippen LogP contribution < -0.4 is 11.1 Å². The molecule has 0 radical (unpaired) electrons. The Balaban J connectivity index is 2.03. The first kappa shape index (κ1) is 14.8. The van der Waals surface area contributed by atoms with E-state index in [1.807, 2.05) is 0 Å². The highest BCUT2D eigenvalue weighted by Crippen LogP contribution is 2.31. The molecule has 1 fully saturated rings. The maximum atomic E-state index is 12.2. The first-order valence-corrected chi connectivity index (χ1v) is 7.24. The Morgan fingerprint density at radius 1 is 1.55 bits per heavy atom. The summed E-state index contributed by atoms with van der Waals surface area (Å²) in [5.74, 6) is -0.149. The Morgan fingerprint density at radius 2 is 2.30 bits per heavy atom. The van der Waals surface area contributed by atoms with E-state index in [0.29, 0.717) is 17.9 Å². The summed E-state index contributed by atoms with van der Waals surface area (Å²) < 4.78 is 5.92. The van der Waals surface area contributed by atoms with E-state index in [2.05, 4.69) is 24.1 Å². The molecule has 1 amide bonds. The number of nitrogens with one attached hydrogen (secondary N) is 1. The predicted molar refractivity (Wildman–Crippen MR) is 78.4 cm³/mol. The highest BCUT2D eigenvalue weighted by molar-refractivity contribution is 5.98. The van der Waals surface area contributed by atoms with Crippen LogP contribution in [0.5, 0.6) is 0 Å². The van der Waals surface area contributed by atoms with Gasteiger partial charge in [-0.1, -0.05) is 13.8 Å². The van der Waals surface area contributed by atoms with Crippen molar-refractivity contribution in [3.63, 3.8) is 0 Å². The van der Waals surface area contributed by atoms with E-state index < -0.39 is 0 Å². The van der Waals surface area contributed by atoms with Gasteiger partial charge in [0.2, 0.25) is 0 Å². The zero-order valence-corrected chi connectivity index (χ0v) is 12.2. The molecule has 0 aromatic carbocycles. The standard InChI is InChI=1S/C15H23N3O2/c1-3-15(4-2)9-11(6-8-20-15)18-14(19)12-10-17-7-5-13(12)16/h5,7,10-11H,3-4,6,8-9H2,1-2H3,(H2,16,17)(H,18,19). The lowest BCUT2D eigenvalue weighted by Gasteiger charge is -2.40. The number of aromatic nitrogens is 1. The molecule has 1 atom stereocenters. The minimum atomic E-state index is -0.149. The van der Waals surface area contributed by atoms with Gasteiger partial charge in [0.1, 0.15) is 0 Å². The lowest BCUT2D eigenvalue weighted by Crippen LogP contribution is -2.48. The highest BCUT2D eigenvalue weighted by Gasteiger charge is 2.35. The molecule has 3 N–H and O–H groups in total. The molecule has 1 aliphatic rings. The zero-order valence-electron chi connectivity index (χ0n) is 12.2. The molecule has 0 spiro atoms. The van der Waals surface area contributed by atoms with Crippen LogP contribution in [0.4, 0.5) is 5.69 Å². The van der Waals surface area contributed by atoms with E-state index in [9.17, 15) is 4.79 Å². The number of nitrogens with zero attached hydrogens (tertiary/aromatic N) is 1. The second-order valence-corrected chi connectivity index (χ2v) is 5.36. The Labute approximate surface area is 119 Å². The van der Waals surface area contributed by atoms with E-state index in [-0.39, 0.29) is 17.6 Å². The van der Waals surface area contributed by atoms with Crippen LogP contribution in [0.25, 0.3) is 0 Å². The maximum Gasteiger partial charge on any atom is 0.255 e. The lowest BCUT2D eigenvalue weighted by atomic mass is 9.86. The van der Waals surface area contributed by atoms with Crippen LogP contribution >= 0.6 is 0 Å². The van der Waals surface area contributed by atoms with Crippen LogP contribution in [-0.2, 0) is 4.74 Å². The van der Waals surface area contributed by atoms with Gasteiger partial charge in [0, 0.05) is 30.7 Å². The van der Waals surface area contributed by atoms with E-state index in [4.69, 9.17) is 10.5 Å². The van der Waals surface area contributed by atoms with E-state index in [1.54, 1.807) is 12.3 Å². The van der Waals surface area contributed by atoms with Crippen molar-refractivity contribution in [1.29, 1.82) is 0 Å². The average Bonchev–Trinajstić information content (AvgIpc) is 2.47. The number of amides is 1. The fraction of sp³-hybridized carbons (Fsp3) is 0.600. The summed E-state index contributed by atoms with van der Waals surface area (Å²) in [6.07, 6.45) is 6.71. The predicted octanol–water partition coefficient (Wildman–Crippen LogP) is 2.13. The third-order valence-corrected chi connectivity index (χ3v) is 4.22. The van der Waals surface area contributed by atoms with Gasteiger partial charge in [0.25, 0.3) is 5.91 Å². The average molecular weight is 277 g/mol. The van der Waals surface area contributed by atoms with Crippen LogP contribution in [0.1, 0.15) is 49.9 Å². The third-order valence-electron chi connectivity index (χ3n) is 4.22. The molecule has 20 heavy (non-hydrogen) atoms. The molecule has 2 heterocycles. The summed E-state index contributed by atoms with van der Waals surface area (Å²) >= 11 is 0. The van der Waals surface area contributed by atoms with E-state index in [0.717, 1.165) is 25.7 Å². The van der Waals surface area contributed by atoms with Crippen molar-refractivity contribution >= 4 is 11.6 Å². The van der Waals surface area contributed by atoms with Crippen LogP contribution in [-0.4, -0.2) is 29.1 Å². The molecule has 0 aliphatic carbocycles. The fourth-order valence-corrected chi connectivity index (χ4v) is 2.75. The van der Waals surface area contributed by atoms with Gasteiger partial charge in [-0.3, -0.25) is 9.78 Å². The van der Waals surface area contributed by atoms with E-state index in [1.165, 1.54) is 6.20 Å². The summed E-state index contributed by atoms with van der Waals surface area (Å²) in [4.78, 5) is 16.2. The number of nitrogens with two attached hydrogens (primary N) is 1. The Bertz CT molecular complexity index is 472. The normalized spacial score (nSPS) is 21.4. The van der Waals surface area contributed by atoms with Crippen molar-refractivity contribution in [2.24, 2.45) is 0 Å². The SMILES string of the molecule is CCC1(CC)CC(NC(=O)c2cnccc2N)CCO1. The van der Waals surface area contributed by atoms with Gasteiger partial charge in [0.15, 0.2) is 0 Å². The molecule has 1 aromatic heterocycles. The second-order valence-electron chi connectivity index (χ2n) is 5.36. The quantitative estimate of drug-likeness (QED) is 0.884. The van der Waals surface area contributed by atoms with Crippen molar-refractivity contribution in [1.82, 2.24) is 10.3 Å². The van der Waals surface area contributed by atoms with Crippen LogP contribution in [0, 0.1) is 0 Å². The van der Waals surface area contributed by atoms with Crippen molar-refractivity contribution in [2.75, 3.05) is 12.3 Å². The molecular formula is C15H23N3O2. The number of anilines is 1. The number of hydrogen-bond acceptors (Lipinski definition) is 4. The first-order valence-electron chi connectivity index (χ1n) is 7.24. The fourth-order valence-electron chi connectivity index (χ4n) is 2.75. The molecule has 110 valence electrons. The van der Waals surface area contributed by atoms with Gasteiger partial charge in [-0.2, -0.15) is 0 Å². The summed E-state index contributed by atoms with van der Waals surface area (Å²) in [5, 5.41) is 3.06.